The van der Waals surface area contributed by atoms with Crippen molar-refractivity contribution in [3.05, 3.63) is 23.8 Å². The molecule has 0 saturated carbocycles. The molecule has 1 aliphatic rings. The summed E-state index contributed by atoms with van der Waals surface area (Å²) >= 11 is 0. The second-order valence-electron chi connectivity index (χ2n) is 3.51. The van der Waals surface area contributed by atoms with E-state index in [1.54, 1.807) is 18.2 Å². The first-order valence-corrected chi connectivity index (χ1v) is 5.18. The van der Waals surface area contributed by atoms with E-state index in [0.29, 0.717) is 36.6 Å². The van der Waals surface area contributed by atoms with E-state index in [-0.39, 0.29) is 12.2 Å². The lowest BCUT2D eigenvalue weighted by Crippen LogP contribution is -2.01. The van der Waals surface area contributed by atoms with Gasteiger partial charge in [0, 0.05) is 12.0 Å². The van der Waals surface area contributed by atoms with Gasteiger partial charge in [0.15, 0.2) is 17.3 Å². The average Bonchev–Trinajstić information content (AvgIpc) is 2.53. The molecule has 0 amide bonds. The number of hydrogen-bond acceptors (Lipinski definition) is 4. The van der Waals surface area contributed by atoms with Crippen LogP contribution in [0.15, 0.2) is 18.2 Å². The zero-order valence-corrected chi connectivity index (χ0v) is 8.77. The number of ketones is 1. The molecular weight excluding hydrogens is 208 g/mol. The second kappa shape index (κ2) is 4.79. The molecule has 2 rings (SSSR count). The summed E-state index contributed by atoms with van der Waals surface area (Å²) < 4.78 is 10.9. The van der Waals surface area contributed by atoms with Gasteiger partial charge in [-0.2, -0.15) is 0 Å². The van der Waals surface area contributed by atoms with Crippen molar-refractivity contribution in [3.8, 4) is 11.5 Å². The van der Waals surface area contributed by atoms with Gasteiger partial charge in [-0.15, -0.1) is 0 Å². The highest BCUT2D eigenvalue weighted by molar-refractivity contribution is 6.03. The molecule has 0 spiro atoms. The summed E-state index contributed by atoms with van der Waals surface area (Å²) in [5, 5.41) is 0. The maximum Gasteiger partial charge on any atom is 0.170 e. The highest BCUT2D eigenvalue weighted by atomic mass is 16.5. The number of hydrogen-bond donors (Lipinski definition) is 0. The molecule has 0 aromatic heterocycles. The van der Waals surface area contributed by atoms with Gasteiger partial charge in [0.2, 0.25) is 0 Å². The molecule has 1 heterocycles. The summed E-state index contributed by atoms with van der Waals surface area (Å²) in [4.78, 5) is 21.7. The second-order valence-corrected chi connectivity index (χ2v) is 3.51. The molecule has 4 nitrogen and oxygen atoms in total. The van der Waals surface area contributed by atoms with Crippen LogP contribution in [0.1, 0.15) is 23.2 Å². The molecule has 0 N–H and O–H groups in total. The Morgan fingerprint density at radius 3 is 2.75 bits per heavy atom. The van der Waals surface area contributed by atoms with E-state index in [1.165, 1.54) is 0 Å². The zero-order valence-electron chi connectivity index (χ0n) is 8.77. The molecule has 0 saturated heterocycles. The first-order valence-electron chi connectivity index (χ1n) is 5.18. The van der Waals surface area contributed by atoms with Gasteiger partial charge in [0.25, 0.3) is 0 Å². The molecule has 0 fully saturated rings. The number of carbonyl (C=O) groups is 2. The van der Waals surface area contributed by atoms with Crippen LogP contribution < -0.4 is 9.47 Å². The first kappa shape index (κ1) is 10.7. The first-order chi connectivity index (χ1) is 7.81. The van der Waals surface area contributed by atoms with Crippen molar-refractivity contribution in [1.29, 1.82) is 0 Å². The van der Waals surface area contributed by atoms with Gasteiger partial charge < -0.3 is 14.3 Å². The van der Waals surface area contributed by atoms with E-state index in [9.17, 15) is 9.59 Å². The Hall–Kier alpha value is -1.84. The molecule has 0 aliphatic carbocycles. The van der Waals surface area contributed by atoms with Crippen molar-refractivity contribution in [2.75, 3.05) is 13.2 Å². The largest absolute Gasteiger partial charge is 0.490 e. The topological polar surface area (TPSA) is 52.6 Å². The smallest absolute Gasteiger partial charge is 0.170 e. The van der Waals surface area contributed by atoms with Gasteiger partial charge in [0.05, 0.1) is 19.6 Å². The van der Waals surface area contributed by atoms with Crippen LogP contribution in [0.25, 0.3) is 0 Å². The lowest BCUT2D eigenvalue weighted by molar-refractivity contribution is -0.107. The van der Waals surface area contributed by atoms with Crippen LogP contribution in [0, 0.1) is 0 Å². The predicted octanol–water partition coefficient (Wildman–Crippen LogP) is 1.62. The summed E-state index contributed by atoms with van der Waals surface area (Å²) in [5.41, 5.74) is 0.483. The predicted molar refractivity (Wildman–Crippen MR) is 57.1 cm³/mol. The van der Waals surface area contributed by atoms with Crippen LogP contribution >= 0.6 is 0 Å². The van der Waals surface area contributed by atoms with Gasteiger partial charge in [-0.05, 0) is 18.2 Å². The molecule has 1 aliphatic heterocycles. The fourth-order valence-corrected chi connectivity index (χ4v) is 1.53. The quantitative estimate of drug-likeness (QED) is 0.441. The number of ether oxygens (including phenoxy) is 2. The van der Waals surface area contributed by atoms with Gasteiger partial charge in [-0.1, -0.05) is 0 Å². The number of rotatable bonds is 3. The van der Waals surface area contributed by atoms with Crippen molar-refractivity contribution in [2.45, 2.75) is 12.8 Å². The Morgan fingerprint density at radius 1 is 1.25 bits per heavy atom. The van der Waals surface area contributed by atoms with E-state index in [1.807, 2.05) is 0 Å². The van der Waals surface area contributed by atoms with E-state index in [4.69, 9.17) is 9.47 Å². The van der Waals surface area contributed by atoms with Crippen LogP contribution in [0.5, 0.6) is 11.5 Å². The van der Waals surface area contributed by atoms with Crippen LogP contribution in [-0.4, -0.2) is 25.3 Å². The monoisotopic (exact) mass is 220 g/mol. The minimum Gasteiger partial charge on any atom is -0.490 e. The van der Waals surface area contributed by atoms with Crippen molar-refractivity contribution >= 4 is 12.1 Å². The van der Waals surface area contributed by atoms with E-state index in [2.05, 4.69) is 0 Å². The molecule has 84 valence electrons. The Bertz CT molecular complexity index is 411. The van der Waals surface area contributed by atoms with Gasteiger partial charge in [-0.3, -0.25) is 4.79 Å². The normalized spacial score (nSPS) is 14.0. The number of carbonyl (C=O) groups excluding carboxylic acids is 2. The Balaban J connectivity index is 2.26. The number of Topliss-reactive ketones (excluding diaryl/α,β-unsaturated/α-hetero) is 1. The lowest BCUT2D eigenvalue weighted by Gasteiger charge is -2.07. The highest BCUT2D eigenvalue weighted by Gasteiger charge is 2.13. The van der Waals surface area contributed by atoms with E-state index < -0.39 is 0 Å². The maximum absolute atomic E-state index is 11.5. The van der Waals surface area contributed by atoms with Crippen LogP contribution in [-0.2, 0) is 4.79 Å². The third-order valence-electron chi connectivity index (χ3n) is 2.34. The molecular formula is C12H12O4. The Kier molecular flexibility index (Phi) is 3.19. The van der Waals surface area contributed by atoms with Crippen LogP contribution in [0.3, 0.4) is 0 Å². The summed E-state index contributed by atoms with van der Waals surface area (Å²) in [6.07, 6.45) is 1.33. The molecule has 1 aromatic rings. The van der Waals surface area contributed by atoms with Crippen molar-refractivity contribution in [1.82, 2.24) is 0 Å². The summed E-state index contributed by atoms with van der Waals surface area (Å²) in [7, 11) is 0. The molecule has 1 aromatic carbocycles. The van der Waals surface area contributed by atoms with Crippen LogP contribution in [0.2, 0.25) is 0 Å². The standard InChI is InChI=1S/C12H12O4/c13-5-4-10(14)9-2-3-11-12(8-9)16-7-1-6-15-11/h2-3,5,8H,1,4,6-7H2. The molecule has 16 heavy (non-hydrogen) atoms. The van der Waals surface area contributed by atoms with Gasteiger partial charge in [-0.25, -0.2) is 0 Å². The summed E-state index contributed by atoms with van der Waals surface area (Å²) in [5.74, 6) is 1.03. The van der Waals surface area contributed by atoms with Crippen molar-refractivity contribution < 1.29 is 19.1 Å². The lowest BCUT2D eigenvalue weighted by atomic mass is 10.1. The van der Waals surface area contributed by atoms with Gasteiger partial charge in [0.1, 0.15) is 6.29 Å². The molecule has 0 unspecified atom stereocenters. The zero-order chi connectivity index (χ0) is 11.4. The molecule has 0 bridgehead atoms. The maximum atomic E-state index is 11.5. The van der Waals surface area contributed by atoms with Crippen LogP contribution in [0.4, 0.5) is 0 Å². The van der Waals surface area contributed by atoms with Crippen molar-refractivity contribution in [3.63, 3.8) is 0 Å². The molecule has 0 radical (unpaired) electrons. The summed E-state index contributed by atoms with van der Waals surface area (Å²) in [6.45, 7) is 1.20. The SMILES string of the molecule is O=CCC(=O)c1ccc2c(c1)OCCCO2. The fourth-order valence-electron chi connectivity index (χ4n) is 1.53. The molecule has 4 heteroatoms. The Labute approximate surface area is 93.2 Å². The third kappa shape index (κ3) is 2.21. The number of aldehydes is 1. The Morgan fingerprint density at radius 2 is 2.00 bits per heavy atom. The van der Waals surface area contributed by atoms with E-state index >= 15 is 0 Å². The minimum absolute atomic E-state index is 0.0976. The van der Waals surface area contributed by atoms with Crippen molar-refractivity contribution in [2.24, 2.45) is 0 Å². The number of benzene rings is 1. The summed E-state index contributed by atoms with van der Waals surface area (Å²) in [6, 6.07) is 4.99. The van der Waals surface area contributed by atoms with Gasteiger partial charge >= 0.3 is 0 Å². The van der Waals surface area contributed by atoms with E-state index in [0.717, 1.165) is 6.42 Å². The molecule has 0 atom stereocenters. The number of fused-ring (bicyclic) bond motifs is 1. The fraction of sp³-hybridized carbons (Fsp3) is 0.333. The third-order valence-corrected chi connectivity index (χ3v) is 2.34. The highest BCUT2D eigenvalue weighted by Crippen LogP contribution is 2.30. The minimum atomic E-state index is -0.203. The average molecular weight is 220 g/mol.